The van der Waals surface area contributed by atoms with Crippen molar-refractivity contribution in [3.8, 4) is 11.4 Å². The summed E-state index contributed by atoms with van der Waals surface area (Å²) in [6, 6.07) is 11.6. The predicted octanol–water partition coefficient (Wildman–Crippen LogP) is 1.67. The van der Waals surface area contributed by atoms with Crippen LogP contribution in [0.4, 0.5) is 15.8 Å². The molecule has 1 aliphatic heterocycles. The Morgan fingerprint density at radius 2 is 1.86 bits per heavy atom. The topological polar surface area (TPSA) is 129 Å². The summed E-state index contributed by atoms with van der Waals surface area (Å²) in [5.41, 5.74) is 7.44. The van der Waals surface area contributed by atoms with Crippen LogP contribution in [0, 0.1) is 5.82 Å². The maximum atomic E-state index is 13.2. The number of nitrogens with one attached hydrogen (secondary N) is 2. The van der Waals surface area contributed by atoms with E-state index < -0.39 is 23.7 Å². The summed E-state index contributed by atoms with van der Waals surface area (Å²) in [6.07, 6.45) is 1.46. The summed E-state index contributed by atoms with van der Waals surface area (Å²) < 4.78 is 13.2. The van der Waals surface area contributed by atoms with Crippen molar-refractivity contribution in [1.82, 2.24) is 15.2 Å². The molecule has 0 fully saturated rings. The first-order chi connectivity index (χ1) is 14.0. The van der Waals surface area contributed by atoms with Crippen LogP contribution in [0.2, 0.25) is 0 Å². The summed E-state index contributed by atoms with van der Waals surface area (Å²) in [7, 11) is 0. The number of H-pyrrole nitrogens is 1. The van der Waals surface area contributed by atoms with Gasteiger partial charge in [0.2, 0.25) is 5.91 Å². The lowest BCUT2D eigenvalue weighted by Gasteiger charge is -2.20. The molecular weight excluding hydrogens is 377 g/mol. The molecule has 4 N–H and O–H groups in total. The van der Waals surface area contributed by atoms with Crippen LogP contribution in [-0.2, 0) is 9.59 Å². The van der Waals surface area contributed by atoms with Gasteiger partial charge in [0.1, 0.15) is 23.9 Å². The average molecular weight is 393 g/mol. The van der Waals surface area contributed by atoms with Gasteiger partial charge in [0.15, 0.2) is 5.82 Å². The van der Waals surface area contributed by atoms with Gasteiger partial charge in [-0.25, -0.2) is 9.37 Å². The van der Waals surface area contributed by atoms with Crippen LogP contribution in [0.1, 0.15) is 6.42 Å². The Bertz CT molecular complexity index is 1060. The van der Waals surface area contributed by atoms with Gasteiger partial charge in [0, 0.05) is 17.7 Å². The highest BCUT2D eigenvalue weighted by Gasteiger charge is 2.35. The highest BCUT2D eigenvalue weighted by molar-refractivity contribution is 6.44. The molecule has 1 aliphatic rings. The number of nitrogens with zero attached hydrogens (tertiary/aromatic N) is 4. The second-order valence-electron chi connectivity index (χ2n) is 6.36. The second-order valence-corrected chi connectivity index (χ2v) is 6.36. The molecule has 0 radical (unpaired) electrons. The maximum Gasteiger partial charge on any atom is 0.271 e. The van der Waals surface area contributed by atoms with E-state index in [0.717, 1.165) is 5.56 Å². The number of carbonyl (C=O) groups is 2. The number of aromatic nitrogens is 3. The number of nitrogens with two attached hydrogens (primary N) is 1. The Hall–Kier alpha value is -4.08. The zero-order chi connectivity index (χ0) is 20.4. The van der Waals surface area contributed by atoms with E-state index in [1.54, 1.807) is 24.3 Å². The van der Waals surface area contributed by atoms with Crippen LogP contribution in [-0.4, -0.2) is 38.7 Å². The van der Waals surface area contributed by atoms with E-state index in [1.807, 2.05) is 0 Å². The number of halogens is 1. The van der Waals surface area contributed by atoms with Crippen molar-refractivity contribution in [3.63, 3.8) is 0 Å². The van der Waals surface area contributed by atoms with E-state index in [9.17, 15) is 14.0 Å². The Morgan fingerprint density at radius 3 is 2.48 bits per heavy atom. The van der Waals surface area contributed by atoms with Gasteiger partial charge in [-0.2, -0.15) is 10.2 Å². The van der Waals surface area contributed by atoms with E-state index >= 15 is 0 Å². The van der Waals surface area contributed by atoms with Crippen molar-refractivity contribution in [3.05, 3.63) is 60.7 Å². The van der Waals surface area contributed by atoms with Gasteiger partial charge in [-0.3, -0.25) is 19.7 Å². The highest BCUT2D eigenvalue weighted by atomic mass is 19.1. The molecule has 146 valence electrons. The average Bonchev–Trinajstić information content (AvgIpc) is 3.39. The van der Waals surface area contributed by atoms with Gasteiger partial charge < -0.3 is 11.1 Å². The van der Waals surface area contributed by atoms with Crippen molar-refractivity contribution >= 4 is 28.9 Å². The van der Waals surface area contributed by atoms with Crippen LogP contribution in [0.3, 0.4) is 0 Å². The zero-order valence-electron chi connectivity index (χ0n) is 15.0. The summed E-state index contributed by atoms with van der Waals surface area (Å²) in [5.74, 6) is -0.882. The summed E-state index contributed by atoms with van der Waals surface area (Å²) in [6.45, 7) is 0. The summed E-state index contributed by atoms with van der Waals surface area (Å²) in [5, 5.41) is 14.9. The van der Waals surface area contributed by atoms with Crippen LogP contribution in [0.25, 0.3) is 11.4 Å². The molecule has 0 aliphatic carbocycles. The first kappa shape index (κ1) is 18.3. The number of amides is 2. The van der Waals surface area contributed by atoms with Crippen LogP contribution in [0.15, 0.2) is 60.0 Å². The fourth-order valence-corrected chi connectivity index (χ4v) is 2.96. The standard InChI is InChI=1S/C19H16FN7O2/c20-12-3-7-14(8-4-12)27-16(17(21)28)9-15(26-27)19(29)24-13-5-1-11(2-6-13)18-22-10-23-25-18/h1-8,10,16H,9H2,(H2,21,28)(H,24,29)(H,22,23,25). The van der Waals surface area contributed by atoms with Gasteiger partial charge >= 0.3 is 0 Å². The normalized spacial score (nSPS) is 15.8. The van der Waals surface area contributed by atoms with Crippen molar-refractivity contribution in [1.29, 1.82) is 0 Å². The fraction of sp³-hybridized carbons (Fsp3) is 0.105. The molecule has 0 saturated heterocycles. The minimum atomic E-state index is -0.824. The lowest BCUT2D eigenvalue weighted by atomic mass is 10.1. The number of rotatable bonds is 5. The van der Waals surface area contributed by atoms with Crippen molar-refractivity contribution in [2.45, 2.75) is 12.5 Å². The molecule has 0 bridgehead atoms. The molecule has 1 aromatic heterocycles. The SMILES string of the molecule is NC(=O)C1CC(C(=O)Nc2ccc(-c3ncn[nH]3)cc2)=NN1c1ccc(F)cc1. The minimum Gasteiger partial charge on any atom is -0.368 e. The molecule has 29 heavy (non-hydrogen) atoms. The fourth-order valence-electron chi connectivity index (χ4n) is 2.96. The number of anilines is 2. The number of hydrazone groups is 1. The number of carbonyl (C=O) groups excluding carboxylic acids is 2. The molecule has 9 nitrogen and oxygen atoms in total. The molecular formula is C19H16FN7O2. The lowest BCUT2D eigenvalue weighted by Crippen LogP contribution is -2.39. The highest BCUT2D eigenvalue weighted by Crippen LogP contribution is 2.25. The van der Waals surface area contributed by atoms with E-state index in [1.165, 1.54) is 35.6 Å². The quantitative estimate of drug-likeness (QED) is 0.607. The van der Waals surface area contributed by atoms with Crippen molar-refractivity contribution < 1.29 is 14.0 Å². The maximum absolute atomic E-state index is 13.2. The molecule has 0 saturated carbocycles. The molecule has 1 unspecified atom stereocenters. The molecule has 0 spiro atoms. The third-order valence-electron chi connectivity index (χ3n) is 4.42. The number of benzene rings is 2. The Labute approximate surface area is 164 Å². The minimum absolute atomic E-state index is 0.0503. The summed E-state index contributed by atoms with van der Waals surface area (Å²) >= 11 is 0. The molecule has 10 heteroatoms. The monoisotopic (exact) mass is 393 g/mol. The van der Waals surface area contributed by atoms with Gasteiger partial charge in [-0.05, 0) is 48.5 Å². The van der Waals surface area contributed by atoms with E-state index in [4.69, 9.17) is 5.73 Å². The smallest absolute Gasteiger partial charge is 0.271 e. The molecule has 2 aromatic carbocycles. The summed E-state index contributed by atoms with van der Waals surface area (Å²) in [4.78, 5) is 28.5. The first-order valence-electron chi connectivity index (χ1n) is 8.70. The zero-order valence-corrected chi connectivity index (χ0v) is 15.0. The molecule has 1 atom stereocenters. The van der Waals surface area contributed by atoms with E-state index in [2.05, 4.69) is 25.6 Å². The Morgan fingerprint density at radius 1 is 1.14 bits per heavy atom. The van der Waals surface area contributed by atoms with E-state index in [-0.39, 0.29) is 12.1 Å². The predicted molar refractivity (Wildman–Crippen MR) is 104 cm³/mol. The molecule has 4 rings (SSSR count). The molecule has 3 aromatic rings. The Kier molecular flexibility index (Phi) is 4.73. The van der Waals surface area contributed by atoms with Crippen LogP contribution >= 0.6 is 0 Å². The number of hydrogen-bond donors (Lipinski definition) is 3. The van der Waals surface area contributed by atoms with Crippen molar-refractivity contribution in [2.75, 3.05) is 10.3 Å². The van der Waals surface area contributed by atoms with Gasteiger partial charge in [-0.15, -0.1) is 0 Å². The van der Waals surface area contributed by atoms with E-state index in [0.29, 0.717) is 17.2 Å². The third-order valence-corrected chi connectivity index (χ3v) is 4.42. The number of hydrogen-bond acceptors (Lipinski definition) is 6. The third kappa shape index (κ3) is 3.81. The largest absolute Gasteiger partial charge is 0.368 e. The number of aromatic amines is 1. The van der Waals surface area contributed by atoms with Crippen LogP contribution in [0.5, 0.6) is 0 Å². The van der Waals surface area contributed by atoms with Gasteiger partial charge in [0.05, 0.1) is 5.69 Å². The molecule has 2 heterocycles. The molecule has 2 amide bonds. The van der Waals surface area contributed by atoms with Crippen LogP contribution < -0.4 is 16.1 Å². The lowest BCUT2D eigenvalue weighted by molar-refractivity contribution is -0.119. The second kappa shape index (κ2) is 7.50. The number of primary amides is 1. The Balaban J connectivity index is 1.51. The van der Waals surface area contributed by atoms with Gasteiger partial charge in [-0.1, -0.05) is 0 Å². The first-order valence-corrected chi connectivity index (χ1v) is 8.70. The van der Waals surface area contributed by atoms with Gasteiger partial charge in [0.25, 0.3) is 5.91 Å². The van der Waals surface area contributed by atoms with Crippen molar-refractivity contribution in [2.24, 2.45) is 10.8 Å².